The number of hydrogen-bond donors (Lipinski definition) is 0. The van der Waals surface area contributed by atoms with Crippen LogP contribution in [0.25, 0.3) is 0 Å². The van der Waals surface area contributed by atoms with Crippen molar-refractivity contribution >= 4 is 28.6 Å². The van der Waals surface area contributed by atoms with Gasteiger partial charge in [-0.2, -0.15) is 0 Å². The molecule has 2 nitrogen and oxygen atoms in total. The highest BCUT2D eigenvalue weighted by atomic mass is 28.4. The first kappa shape index (κ1) is 9.57. The molecule has 0 radical (unpaired) electrons. The minimum Gasteiger partial charge on any atom is -0.466 e. The molecular formula is C4H16O2Si3. The maximum atomic E-state index is 5.57. The molecule has 56 valence electrons. The minimum absolute atomic E-state index is 0.284. The van der Waals surface area contributed by atoms with Crippen LogP contribution in [0.3, 0.4) is 0 Å². The van der Waals surface area contributed by atoms with Crippen LogP contribution < -0.4 is 0 Å². The molecule has 0 atom stereocenters. The van der Waals surface area contributed by atoms with Crippen LogP contribution in [-0.2, 0) is 8.54 Å². The van der Waals surface area contributed by atoms with Gasteiger partial charge in [0.25, 0.3) is 0 Å². The highest BCUT2D eigenvalue weighted by molar-refractivity contribution is 6.70. The summed E-state index contributed by atoms with van der Waals surface area (Å²) in [5.41, 5.74) is 0. The van der Waals surface area contributed by atoms with E-state index in [4.69, 9.17) is 8.54 Å². The van der Waals surface area contributed by atoms with E-state index in [9.17, 15) is 0 Å². The van der Waals surface area contributed by atoms with Crippen molar-refractivity contribution in [1.82, 2.24) is 0 Å². The summed E-state index contributed by atoms with van der Waals surface area (Å²) in [6, 6.07) is 0. The van der Waals surface area contributed by atoms with Gasteiger partial charge in [-0.25, -0.2) is 0 Å². The molecule has 5 heteroatoms. The Hall–Kier alpha value is 0.571. The van der Waals surface area contributed by atoms with Crippen LogP contribution in [-0.4, -0.2) is 34.8 Å². The average molecular weight is 180 g/mol. The van der Waals surface area contributed by atoms with Crippen molar-refractivity contribution in [2.75, 3.05) is 6.23 Å². The summed E-state index contributed by atoms with van der Waals surface area (Å²) in [6.45, 7) is 6.61. The lowest BCUT2D eigenvalue weighted by Gasteiger charge is -2.15. The molecule has 0 N–H and O–H groups in total. The van der Waals surface area contributed by atoms with Gasteiger partial charge in [-0.3, -0.25) is 0 Å². The summed E-state index contributed by atoms with van der Waals surface area (Å²) in [7, 11) is -0.621. The normalized spacial score (nSPS) is 13.7. The Morgan fingerprint density at radius 1 is 1.44 bits per heavy atom. The van der Waals surface area contributed by atoms with E-state index in [1.54, 1.807) is 0 Å². The zero-order valence-electron chi connectivity index (χ0n) is 6.73. The maximum Gasteiger partial charge on any atom is 0.183 e. The van der Waals surface area contributed by atoms with Gasteiger partial charge in [0, 0.05) is 6.23 Å². The molecule has 0 aromatic carbocycles. The van der Waals surface area contributed by atoms with E-state index in [0.29, 0.717) is 0 Å². The van der Waals surface area contributed by atoms with E-state index in [1.807, 2.05) is 0 Å². The highest BCUT2D eigenvalue weighted by Crippen LogP contribution is 2.00. The third-order valence-electron chi connectivity index (χ3n) is 0.823. The van der Waals surface area contributed by atoms with Crippen LogP contribution in [0.2, 0.25) is 19.6 Å². The SMILES string of the molecule is C[Si](C)(C)OC[SiH2]O[SiH3]. The lowest BCUT2D eigenvalue weighted by molar-refractivity contribution is 0.366. The summed E-state index contributed by atoms with van der Waals surface area (Å²) >= 11 is 0. The quantitative estimate of drug-likeness (QED) is 0.416. The zero-order valence-corrected chi connectivity index (χ0v) is 11.1. The van der Waals surface area contributed by atoms with Gasteiger partial charge >= 0.3 is 0 Å². The molecule has 0 amide bonds. The van der Waals surface area contributed by atoms with Crippen LogP contribution in [0.15, 0.2) is 0 Å². The molecule has 0 aromatic heterocycles. The first-order chi connectivity index (χ1) is 4.06. The van der Waals surface area contributed by atoms with Gasteiger partial charge < -0.3 is 8.54 Å². The smallest absolute Gasteiger partial charge is 0.183 e. The first-order valence-electron chi connectivity index (χ1n) is 3.19. The van der Waals surface area contributed by atoms with Gasteiger partial charge in [0.05, 0.1) is 0 Å². The van der Waals surface area contributed by atoms with Crippen LogP contribution >= 0.6 is 0 Å². The molecule has 0 bridgehead atoms. The van der Waals surface area contributed by atoms with E-state index in [1.165, 1.54) is 0 Å². The largest absolute Gasteiger partial charge is 0.466 e. The average Bonchev–Trinajstić information content (AvgIpc) is 1.63. The van der Waals surface area contributed by atoms with Crippen molar-refractivity contribution in [2.45, 2.75) is 19.6 Å². The number of rotatable bonds is 4. The van der Waals surface area contributed by atoms with Crippen LogP contribution in [0.5, 0.6) is 0 Å². The van der Waals surface area contributed by atoms with Crippen LogP contribution in [0.1, 0.15) is 0 Å². The Bertz CT molecular complexity index is 70.7. The summed E-state index contributed by atoms with van der Waals surface area (Å²) in [5, 5.41) is 0. The Balaban J connectivity index is 3.07. The molecule has 0 saturated carbocycles. The Labute approximate surface area is 63.6 Å². The van der Waals surface area contributed by atoms with Crippen molar-refractivity contribution in [1.29, 1.82) is 0 Å². The minimum atomic E-state index is -1.22. The lowest BCUT2D eigenvalue weighted by Crippen LogP contribution is -2.28. The van der Waals surface area contributed by atoms with E-state index < -0.39 is 8.32 Å². The van der Waals surface area contributed by atoms with Crippen molar-refractivity contribution in [3.05, 3.63) is 0 Å². The monoisotopic (exact) mass is 180 g/mol. The Kier molecular flexibility index (Phi) is 4.67. The topological polar surface area (TPSA) is 18.5 Å². The second kappa shape index (κ2) is 4.40. The van der Waals surface area contributed by atoms with E-state index in [2.05, 4.69) is 19.6 Å². The summed E-state index contributed by atoms with van der Waals surface area (Å²) in [6.07, 6.45) is 0.916. The second-order valence-electron chi connectivity index (χ2n) is 2.95. The molecular weight excluding hydrogens is 164 g/mol. The molecule has 0 aliphatic rings. The fourth-order valence-electron chi connectivity index (χ4n) is 0.431. The standard InChI is InChI=1S/C4H16O2Si3/c1-9(2,3)5-4-8-6-7/h4,8H2,1-3,7H3. The first-order valence-corrected chi connectivity index (χ1v) is 8.99. The summed E-state index contributed by atoms with van der Waals surface area (Å²) in [5.74, 6) is 0. The summed E-state index contributed by atoms with van der Waals surface area (Å²) < 4.78 is 10.7. The van der Waals surface area contributed by atoms with Crippen LogP contribution in [0.4, 0.5) is 0 Å². The molecule has 0 aromatic rings. The Morgan fingerprint density at radius 3 is 2.33 bits per heavy atom. The predicted octanol–water partition coefficient (Wildman–Crippen LogP) is -0.824. The van der Waals surface area contributed by atoms with Crippen molar-refractivity contribution in [2.24, 2.45) is 0 Å². The van der Waals surface area contributed by atoms with Gasteiger partial charge in [-0.05, 0) is 19.6 Å². The van der Waals surface area contributed by atoms with Gasteiger partial charge in [0.2, 0.25) is 0 Å². The fraction of sp³-hybridized carbons (Fsp3) is 1.00. The Morgan fingerprint density at radius 2 is 2.00 bits per heavy atom. The third kappa shape index (κ3) is 8.57. The molecule has 0 fully saturated rings. The van der Waals surface area contributed by atoms with Crippen molar-refractivity contribution < 1.29 is 8.54 Å². The van der Waals surface area contributed by atoms with E-state index in [-0.39, 0.29) is 9.76 Å². The fourth-order valence-corrected chi connectivity index (χ4v) is 3.88. The zero-order chi connectivity index (χ0) is 7.33. The van der Waals surface area contributed by atoms with Gasteiger partial charge in [0.15, 0.2) is 18.1 Å². The van der Waals surface area contributed by atoms with Crippen molar-refractivity contribution in [3.8, 4) is 0 Å². The molecule has 0 rings (SSSR count). The van der Waals surface area contributed by atoms with Gasteiger partial charge in [-0.1, -0.05) is 0 Å². The molecule has 9 heavy (non-hydrogen) atoms. The van der Waals surface area contributed by atoms with Gasteiger partial charge in [-0.15, -0.1) is 0 Å². The van der Waals surface area contributed by atoms with E-state index >= 15 is 0 Å². The molecule has 0 spiro atoms. The molecule has 0 heterocycles. The molecule has 0 aliphatic heterocycles. The maximum absolute atomic E-state index is 5.57. The van der Waals surface area contributed by atoms with Gasteiger partial charge in [0.1, 0.15) is 10.5 Å². The second-order valence-corrected chi connectivity index (χ2v) is 10.6. The van der Waals surface area contributed by atoms with E-state index in [0.717, 1.165) is 16.7 Å². The van der Waals surface area contributed by atoms with Crippen molar-refractivity contribution in [3.63, 3.8) is 0 Å². The molecule has 0 unspecified atom stereocenters. The lowest BCUT2D eigenvalue weighted by atomic mass is 11.7. The highest BCUT2D eigenvalue weighted by Gasteiger charge is 2.12. The summed E-state index contributed by atoms with van der Waals surface area (Å²) in [4.78, 5) is 0. The molecule has 0 saturated heterocycles. The predicted molar refractivity (Wildman–Crippen MR) is 48.9 cm³/mol. The third-order valence-corrected chi connectivity index (χ3v) is 4.30. The molecule has 0 aliphatic carbocycles. The van der Waals surface area contributed by atoms with Crippen LogP contribution in [0, 0.1) is 0 Å². The number of hydrogen-bond acceptors (Lipinski definition) is 2.